The third kappa shape index (κ3) is 1.64. The van der Waals surface area contributed by atoms with Crippen LogP contribution < -0.4 is 0 Å². The van der Waals surface area contributed by atoms with E-state index in [1.165, 1.54) is 6.21 Å². The summed E-state index contributed by atoms with van der Waals surface area (Å²) < 4.78 is 1.90. The van der Waals surface area contributed by atoms with E-state index < -0.39 is 0 Å². The summed E-state index contributed by atoms with van der Waals surface area (Å²) in [5.74, 6) is 0. The lowest BCUT2D eigenvalue weighted by Crippen LogP contribution is -1.90. The second kappa shape index (κ2) is 3.74. The number of oxime groups is 1. The highest BCUT2D eigenvalue weighted by Gasteiger charge is 1.94. The Hall–Kier alpha value is -2.10. The van der Waals surface area contributed by atoms with Gasteiger partial charge in [-0.2, -0.15) is 0 Å². The number of imidazole rings is 1. The lowest BCUT2D eigenvalue weighted by molar-refractivity contribution is 0.322. The van der Waals surface area contributed by atoms with Gasteiger partial charge in [-0.05, 0) is 17.7 Å². The zero-order chi connectivity index (χ0) is 9.80. The topological polar surface area (TPSA) is 50.4 Å². The fourth-order valence-corrected chi connectivity index (χ4v) is 1.21. The van der Waals surface area contributed by atoms with Crippen molar-refractivity contribution in [3.8, 4) is 5.69 Å². The zero-order valence-electron chi connectivity index (χ0n) is 7.41. The molecule has 2 rings (SSSR count). The minimum absolute atomic E-state index is 0.858. The molecule has 1 aromatic carbocycles. The maximum Gasteiger partial charge on any atom is 0.0991 e. The van der Waals surface area contributed by atoms with E-state index in [9.17, 15) is 0 Å². The van der Waals surface area contributed by atoms with Crippen LogP contribution >= 0.6 is 0 Å². The molecule has 0 unspecified atom stereocenters. The van der Waals surface area contributed by atoms with E-state index in [0.717, 1.165) is 11.3 Å². The van der Waals surface area contributed by atoms with Crippen molar-refractivity contribution in [2.24, 2.45) is 5.16 Å². The Morgan fingerprint density at radius 3 is 2.64 bits per heavy atom. The average molecular weight is 187 g/mol. The van der Waals surface area contributed by atoms with E-state index >= 15 is 0 Å². The lowest BCUT2D eigenvalue weighted by Gasteiger charge is -2.00. The summed E-state index contributed by atoms with van der Waals surface area (Å²) >= 11 is 0. The molecule has 1 aromatic heterocycles. The summed E-state index contributed by atoms with van der Waals surface area (Å²) in [6, 6.07) is 7.60. The molecule has 4 nitrogen and oxygen atoms in total. The van der Waals surface area contributed by atoms with Crippen LogP contribution in [0, 0.1) is 0 Å². The van der Waals surface area contributed by atoms with Gasteiger partial charge in [-0.25, -0.2) is 4.98 Å². The van der Waals surface area contributed by atoms with Crippen molar-refractivity contribution in [2.45, 2.75) is 0 Å². The van der Waals surface area contributed by atoms with Crippen molar-refractivity contribution in [1.29, 1.82) is 0 Å². The molecule has 0 amide bonds. The Labute approximate surface area is 81.1 Å². The molecule has 0 radical (unpaired) electrons. The van der Waals surface area contributed by atoms with Gasteiger partial charge in [0.15, 0.2) is 0 Å². The van der Waals surface area contributed by atoms with Crippen LogP contribution in [0.3, 0.4) is 0 Å². The molecule has 0 aliphatic rings. The highest BCUT2D eigenvalue weighted by atomic mass is 16.4. The van der Waals surface area contributed by atoms with Crippen molar-refractivity contribution >= 4 is 6.21 Å². The summed E-state index contributed by atoms with van der Waals surface area (Å²) in [4.78, 5) is 3.95. The van der Waals surface area contributed by atoms with Gasteiger partial charge in [0.25, 0.3) is 0 Å². The minimum atomic E-state index is 0.858. The fraction of sp³-hybridized carbons (Fsp3) is 0. The first-order chi connectivity index (χ1) is 6.90. The molecule has 0 saturated heterocycles. The SMILES string of the molecule is O/N=C\c1ccc(-n2ccnc2)cc1. The van der Waals surface area contributed by atoms with E-state index in [-0.39, 0.29) is 0 Å². The first kappa shape index (κ1) is 8.50. The van der Waals surface area contributed by atoms with Crippen LogP contribution in [-0.2, 0) is 0 Å². The van der Waals surface area contributed by atoms with E-state index in [0.29, 0.717) is 0 Å². The number of rotatable bonds is 2. The zero-order valence-corrected chi connectivity index (χ0v) is 7.41. The van der Waals surface area contributed by atoms with Crippen molar-refractivity contribution in [2.75, 3.05) is 0 Å². The Balaban J connectivity index is 2.31. The minimum Gasteiger partial charge on any atom is -0.411 e. The van der Waals surface area contributed by atoms with Crippen LogP contribution in [0.15, 0.2) is 48.1 Å². The predicted molar refractivity (Wildman–Crippen MR) is 52.9 cm³/mol. The smallest absolute Gasteiger partial charge is 0.0991 e. The lowest BCUT2D eigenvalue weighted by atomic mass is 10.2. The van der Waals surface area contributed by atoms with Crippen molar-refractivity contribution < 1.29 is 5.21 Å². The largest absolute Gasteiger partial charge is 0.411 e. The average Bonchev–Trinajstić information content (AvgIpc) is 2.72. The molecule has 4 heteroatoms. The fourth-order valence-electron chi connectivity index (χ4n) is 1.21. The van der Waals surface area contributed by atoms with Crippen LogP contribution in [0.25, 0.3) is 5.69 Å². The quantitative estimate of drug-likeness (QED) is 0.441. The molecule has 0 spiro atoms. The molecule has 0 aliphatic carbocycles. The summed E-state index contributed by atoms with van der Waals surface area (Å²) in [7, 11) is 0. The van der Waals surface area contributed by atoms with Crippen LogP contribution in [0.4, 0.5) is 0 Å². The van der Waals surface area contributed by atoms with E-state index in [4.69, 9.17) is 5.21 Å². The Morgan fingerprint density at radius 1 is 1.29 bits per heavy atom. The molecule has 0 fully saturated rings. The van der Waals surface area contributed by atoms with E-state index in [1.54, 1.807) is 12.5 Å². The highest BCUT2D eigenvalue weighted by molar-refractivity contribution is 5.79. The Morgan fingerprint density at radius 2 is 2.07 bits per heavy atom. The first-order valence-corrected chi connectivity index (χ1v) is 4.16. The maximum absolute atomic E-state index is 8.33. The predicted octanol–water partition coefficient (Wildman–Crippen LogP) is 1.68. The standard InChI is InChI=1S/C10H9N3O/c14-12-7-9-1-3-10(4-2-9)13-6-5-11-8-13/h1-8,14H/b12-7-. The van der Waals surface area contributed by atoms with Gasteiger partial charge in [0, 0.05) is 18.1 Å². The monoisotopic (exact) mass is 187 g/mol. The van der Waals surface area contributed by atoms with Crippen LogP contribution in [0.2, 0.25) is 0 Å². The number of nitrogens with zero attached hydrogens (tertiary/aromatic N) is 3. The Bertz CT molecular complexity index is 417. The molecule has 0 bridgehead atoms. The van der Waals surface area contributed by atoms with Gasteiger partial charge in [0.2, 0.25) is 0 Å². The molecule has 14 heavy (non-hydrogen) atoms. The second-order valence-electron chi connectivity index (χ2n) is 2.81. The van der Waals surface area contributed by atoms with Gasteiger partial charge in [-0.15, -0.1) is 0 Å². The molecule has 2 aromatic rings. The molecule has 1 heterocycles. The summed E-state index contributed by atoms with van der Waals surface area (Å²) in [6.07, 6.45) is 6.71. The van der Waals surface area contributed by atoms with Crippen LogP contribution in [0.1, 0.15) is 5.56 Å². The second-order valence-corrected chi connectivity index (χ2v) is 2.81. The number of benzene rings is 1. The van der Waals surface area contributed by atoms with Gasteiger partial charge in [-0.3, -0.25) is 0 Å². The third-order valence-corrected chi connectivity index (χ3v) is 1.90. The van der Waals surface area contributed by atoms with Gasteiger partial charge < -0.3 is 9.77 Å². The Kier molecular flexibility index (Phi) is 2.27. The summed E-state index contributed by atoms with van der Waals surface area (Å²) in [5.41, 5.74) is 1.88. The number of hydrogen-bond acceptors (Lipinski definition) is 3. The van der Waals surface area contributed by atoms with Gasteiger partial charge in [0.1, 0.15) is 0 Å². The van der Waals surface area contributed by atoms with E-state index in [1.807, 2.05) is 35.0 Å². The maximum atomic E-state index is 8.33. The third-order valence-electron chi connectivity index (χ3n) is 1.90. The summed E-state index contributed by atoms with van der Waals surface area (Å²) in [5, 5.41) is 11.3. The molecule has 0 saturated carbocycles. The van der Waals surface area contributed by atoms with Crippen molar-refractivity contribution in [3.05, 3.63) is 48.5 Å². The molecular weight excluding hydrogens is 178 g/mol. The normalized spacial score (nSPS) is 10.9. The van der Waals surface area contributed by atoms with Crippen molar-refractivity contribution in [1.82, 2.24) is 9.55 Å². The molecular formula is C10H9N3O. The van der Waals surface area contributed by atoms with Crippen molar-refractivity contribution in [3.63, 3.8) is 0 Å². The number of aromatic nitrogens is 2. The molecule has 1 N–H and O–H groups in total. The van der Waals surface area contributed by atoms with Gasteiger partial charge >= 0.3 is 0 Å². The van der Waals surface area contributed by atoms with Gasteiger partial charge in [-0.1, -0.05) is 17.3 Å². The van der Waals surface area contributed by atoms with Crippen LogP contribution in [-0.4, -0.2) is 21.0 Å². The highest BCUT2D eigenvalue weighted by Crippen LogP contribution is 2.07. The number of hydrogen-bond donors (Lipinski definition) is 1. The molecule has 0 atom stereocenters. The molecule has 0 aliphatic heterocycles. The first-order valence-electron chi connectivity index (χ1n) is 4.16. The van der Waals surface area contributed by atoms with E-state index in [2.05, 4.69) is 10.1 Å². The summed E-state index contributed by atoms with van der Waals surface area (Å²) in [6.45, 7) is 0. The molecule has 70 valence electrons. The van der Waals surface area contributed by atoms with Gasteiger partial charge in [0.05, 0.1) is 12.5 Å². The van der Waals surface area contributed by atoms with Crippen LogP contribution in [0.5, 0.6) is 0 Å².